The van der Waals surface area contributed by atoms with Gasteiger partial charge in [0.25, 0.3) is 0 Å². The summed E-state index contributed by atoms with van der Waals surface area (Å²) in [4.78, 5) is 16.3. The maximum Gasteiger partial charge on any atom is 0.410 e. The maximum atomic E-state index is 12.3. The van der Waals surface area contributed by atoms with E-state index in [-0.39, 0.29) is 18.2 Å². The predicted molar refractivity (Wildman–Crippen MR) is 88.7 cm³/mol. The van der Waals surface area contributed by atoms with Gasteiger partial charge in [0.15, 0.2) is 0 Å². The van der Waals surface area contributed by atoms with Crippen LogP contribution in [0, 0.1) is 0 Å². The van der Waals surface area contributed by atoms with E-state index in [9.17, 15) is 4.79 Å². The van der Waals surface area contributed by atoms with Crippen molar-refractivity contribution in [3.63, 3.8) is 0 Å². The molecule has 1 amide bonds. The van der Waals surface area contributed by atoms with Crippen molar-refractivity contribution >= 4 is 6.09 Å². The molecule has 0 aliphatic carbocycles. The smallest absolute Gasteiger partial charge is 0.410 e. The number of carbonyl (C=O) groups excluding carboxylic acids is 1. The van der Waals surface area contributed by atoms with Crippen molar-refractivity contribution in [1.82, 2.24) is 9.80 Å². The van der Waals surface area contributed by atoms with Gasteiger partial charge < -0.3 is 14.5 Å². The van der Waals surface area contributed by atoms with Crippen LogP contribution in [-0.2, 0) is 11.3 Å². The van der Waals surface area contributed by atoms with Crippen LogP contribution < -0.4 is 0 Å². The first-order chi connectivity index (χ1) is 10.5. The average molecular weight is 304 g/mol. The van der Waals surface area contributed by atoms with Crippen molar-refractivity contribution < 1.29 is 9.53 Å². The summed E-state index contributed by atoms with van der Waals surface area (Å²) < 4.78 is 5.40. The van der Waals surface area contributed by atoms with Gasteiger partial charge in [-0.2, -0.15) is 0 Å². The Hall–Kier alpha value is -1.55. The lowest BCUT2D eigenvalue weighted by Crippen LogP contribution is -2.39. The van der Waals surface area contributed by atoms with E-state index < -0.39 is 0 Å². The summed E-state index contributed by atoms with van der Waals surface area (Å²) in [5, 5.41) is 0. The molecule has 122 valence electrons. The Kier molecular flexibility index (Phi) is 5.83. The molecule has 1 aliphatic rings. The Balaban J connectivity index is 2.11. The third-order valence-corrected chi connectivity index (χ3v) is 3.94. The fourth-order valence-corrected chi connectivity index (χ4v) is 2.98. The van der Waals surface area contributed by atoms with Crippen LogP contribution in [0.3, 0.4) is 0 Å². The highest BCUT2D eigenvalue weighted by Gasteiger charge is 2.29. The van der Waals surface area contributed by atoms with Crippen molar-refractivity contribution in [2.45, 2.75) is 51.8 Å². The van der Waals surface area contributed by atoms with Gasteiger partial charge in [-0.1, -0.05) is 24.3 Å². The monoisotopic (exact) mass is 304 g/mol. The van der Waals surface area contributed by atoms with Gasteiger partial charge >= 0.3 is 6.09 Å². The molecule has 1 aromatic carbocycles. The largest absolute Gasteiger partial charge is 0.447 e. The quantitative estimate of drug-likeness (QED) is 0.847. The Labute approximate surface area is 134 Å². The first-order valence-corrected chi connectivity index (χ1v) is 8.18. The predicted octanol–water partition coefficient (Wildman–Crippen LogP) is 3.82. The summed E-state index contributed by atoms with van der Waals surface area (Å²) in [7, 11) is 4.14. The highest BCUT2D eigenvalue weighted by Crippen LogP contribution is 2.31. The van der Waals surface area contributed by atoms with Crippen molar-refractivity contribution in [3.05, 3.63) is 35.4 Å². The zero-order valence-corrected chi connectivity index (χ0v) is 14.2. The normalized spacial score (nSPS) is 18.8. The number of hydrogen-bond donors (Lipinski definition) is 0. The number of amides is 1. The number of benzene rings is 1. The molecule has 4 nitrogen and oxygen atoms in total. The summed E-state index contributed by atoms with van der Waals surface area (Å²) >= 11 is 0. The molecule has 0 spiro atoms. The fraction of sp³-hybridized carbons (Fsp3) is 0.611. The second-order valence-corrected chi connectivity index (χ2v) is 6.62. The zero-order chi connectivity index (χ0) is 16.1. The van der Waals surface area contributed by atoms with Crippen LogP contribution in [-0.4, -0.2) is 42.6 Å². The Bertz CT molecular complexity index is 482. The molecule has 1 saturated heterocycles. The van der Waals surface area contributed by atoms with Gasteiger partial charge in [-0.25, -0.2) is 4.79 Å². The van der Waals surface area contributed by atoms with E-state index in [0.717, 1.165) is 32.4 Å². The molecule has 4 heteroatoms. The molecule has 22 heavy (non-hydrogen) atoms. The molecule has 0 radical (unpaired) electrons. The van der Waals surface area contributed by atoms with E-state index in [1.54, 1.807) is 0 Å². The molecular formula is C18H28N2O2. The van der Waals surface area contributed by atoms with Crippen molar-refractivity contribution in [2.24, 2.45) is 0 Å². The lowest BCUT2D eigenvalue weighted by Gasteiger charge is -2.35. The van der Waals surface area contributed by atoms with E-state index >= 15 is 0 Å². The molecule has 1 aromatic rings. The van der Waals surface area contributed by atoms with Gasteiger partial charge in [0.1, 0.15) is 0 Å². The minimum atomic E-state index is -0.183. The fourth-order valence-electron chi connectivity index (χ4n) is 2.98. The number of hydrogen-bond acceptors (Lipinski definition) is 3. The molecule has 0 N–H and O–H groups in total. The molecule has 0 bridgehead atoms. The second kappa shape index (κ2) is 7.63. The second-order valence-electron chi connectivity index (χ2n) is 6.62. The molecule has 1 fully saturated rings. The number of likely N-dealkylation sites (tertiary alicyclic amines) is 1. The lowest BCUT2D eigenvalue weighted by molar-refractivity contribution is 0.0526. The lowest BCUT2D eigenvalue weighted by atomic mass is 9.95. The van der Waals surface area contributed by atoms with Gasteiger partial charge in [-0.05, 0) is 58.3 Å². The SMILES string of the molecule is CC(C)OC(=O)N1CCCC[C@H]1c1ccc(CN(C)C)cc1. The Morgan fingerprint density at radius 1 is 1.27 bits per heavy atom. The van der Waals surface area contributed by atoms with E-state index in [0.29, 0.717) is 0 Å². The van der Waals surface area contributed by atoms with Crippen LogP contribution in [0.1, 0.15) is 50.3 Å². The summed E-state index contributed by atoms with van der Waals surface area (Å²) in [6.45, 7) is 5.51. The third kappa shape index (κ3) is 4.47. The number of piperidine rings is 1. The van der Waals surface area contributed by atoms with Gasteiger partial charge in [-0.15, -0.1) is 0 Å². The highest BCUT2D eigenvalue weighted by atomic mass is 16.6. The zero-order valence-electron chi connectivity index (χ0n) is 14.2. The Morgan fingerprint density at radius 2 is 1.95 bits per heavy atom. The highest BCUT2D eigenvalue weighted by molar-refractivity contribution is 5.68. The maximum absolute atomic E-state index is 12.3. The summed E-state index contributed by atoms with van der Waals surface area (Å²) in [5.74, 6) is 0. The van der Waals surface area contributed by atoms with Gasteiger partial charge in [0, 0.05) is 13.1 Å². The van der Waals surface area contributed by atoms with E-state index in [1.165, 1.54) is 11.1 Å². The minimum absolute atomic E-state index is 0.0717. The van der Waals surface area contributed by atoms with Crippen LogP contribution in [0.25, 0.3) is 0 Å². The molecular weight excluding hydrogens is 276 g/mol. The number of rotatable bonds is 4. The topological polar surface area (TPSA) is 32.8 Å². The van der Waals surface area contributed by atoms with E-state index in [4.69, 9.17) is 4.74 Å². The third-order valence-electron chi connectivity index (χ3n) is 3.94. The standard InChI is InChI=1S/C18H28N2O2/c1-14(2)22-18(21)20-12-6-5-7-17(20)16-10-8-15(9-11-16)13-19(3)4/h8-11,14,17H,5-7,12-13H2,1-4H3/t17-/m0/s1. The van der Waals surface area contributed by atoms with Gasteiger partial charge in [0.05, 0.1) is 12.1 Å². The van der Waals surface area contributed by atoms with Crippen LogP contribution in [0.4, 0.5) is 4.79 Å². The van der Waals surface area contributed by atoms with Crippen molar-refractivity contribution in [3.8, 4) is 0 Å². The summed E-state index contributed by atoms with van der Waals surface area (Å²) in [6.07, 6.45) is 2.98. The number of carbonyl (C=O) groups is 1. The molecule has 0 saturated carbocycles. The molecule has 1 heterocycles. The summed E-state index contributed by atoms with van der Waals surface area (Å²) in [5.41, 5.74) is 2.50. The summed E-state index contributed by atoms with van der Waals surface area (Å²) in [6, 6.07) is 8.79. The van der Waals surface area contributed by atoms with E-state index in [2.05, 4.69) is 43.3 Å². The first kappa shape index (κ1) is 16.8. The molecule has 0 aromatic heterocycles. The van der Waals surface area contributed by atoms with Gasteiger partial charge in [-0.3, -0.25) is 0 Å². The van der Waals surface area contributed by atoms with E-state index in [1.807, 2.05) is 18.7 Å². The molecule has 2 rings (SSSR count). The minimum Gasteiger partial charge on any atom is -0.447 e. The van der Waals surface area contributed by atoms with Crippen molar-refractivity contribution in [1.29, 1.82) is 0 Å². The molecule has 1 atom stereocenters. The Morgan fingerprint density at radius 3 is 2.55 bits per heavy atom. The van der Waals surface area contributed by atoms with Crippen LogP contribution in [0.5, 0.6) is 0 Å². The van der Waals surface area contributed by atoms with Crippen LogP contribution in [0.2, 0.25) is 0 Å². The molecule has 0 unspecified atom stereocenters. The average Bonchev–Trinajstić information content (AvgIpc) is 2.47. The van der Waals surface area contributed by atoms with Crippen molar-refractivity contribution in [2.75, 3.05) is 20.6 Å². The number of ether oxygens (including phenoxy) is 1. The first-order valence-electron chi connectivity index (χ1n) is 8.18. The van der Waals surface area contributed by atoms with Crippen LogP contribution in [0.15, 0.2) is 24.3 Å². The van der Waals surface area contributed by atoms with Gasteiger partial charge in [0.2, 0.25) is 0 Å². The number of nitrogens with zero attached hydrogens (tertiary/aromatic N) is 2. The molecule has 1 aliphatic heterocycles. The van der Waals surface area contributed by atoms with Crippen LogP contribution >= 0.6 is 0 Å².